The second-order valence-corrected chi connectivity index (χ2v) is 8.15. The second-order valence-electron chi connectivity index (χ2n) is 8.15. The number of benzene rings is 1. The van der Waals surface area contributed by atoms with Crippen LogP contribution in [0.2, 0.25) is 0 Å². The molecule has 4 heterocycles. The van der Waals surface area contributed by atoms with Crippen LogP contribution in [0.1, 0.15) is 5.69 Å². The molecule has 1 aromatic carbocycles. The average Bonchev–Trinajstić information content (AvgIpc) is 3.21. The molecule has 0 unspecified atom stereocenters. The SMILES string of the molecule is COc1cc(OC)c(F)c(-c2cc3cnc(-c4cn(C)nc4C)nc3c(N3CCOCC3)n2)c1F. The molecule has 0 radical (unpaired) electrons. The number of ether oxygens (including phenoxy) is 3. The van der Waals surface area contributed by atoms with Gasteiger partial charge in [-0.15, -0.1) is 0 Å². The van der Waals surface area contributed by atoms with E-state index >= 15 is 8.78 Å². The minimum atomic E-state index is -0.867. The molecule has 0 N–H and O–H groups in total. The van der Waals surface area contributed by atoms with Gasteiger partial charge in [-0.25, -0.2) is 23.7 Å². The molecule has 0 amide bonds. The van der Waals surface area contributed by atoms with Crippen LogP contribution in [-0.2, 0) is 11.8 Å². The summed E-state index contributed by atoms with van der Waals surface area (Å²) in [6, 6.07) is 2.74. The molecule has 0 atom stereocenters. The highest BCUT2D eigenvalue weighted by Crippen LogP contribution is 2.39. The lowest BCUT2D eigenvalue weighted by Crippen LogP contribution is -2.37. The maximum absolute atomic E-state index is 15.3. The van der Waals surface area contributed by atoms with Crippen molar-refractivity contribution in [1.29, 1.82) is 0 Å². The van der Waals surface area contributed by atoms with E-state index in [1.807, 2.05) is 25.1 Å². The summed E-state index contributed by atoms with van der Waals surface area (Å²) in [6.45, 7) is 4.01. The maximum atomic E-state index is 15.3. The van der Waals surface area contributed by atoms with E-state index in [2.05, 4.69) is 10.1 Å². The molecule has 11 heteroatoms. The fourth-order valence-corrected chi connectivity index (χ4v) is 4.21. The predicted molar refractivity (Wildman–Crippen MR) is 126 cm³/mol. The first kappa shape index (κ1) is 22.9. The summed E-state index contributed by atoms with van der Waals surface area (Å²) in [5, 5.41) is 4.96. The number of morpholine rings is 1. The van der Waals surface area contributed by atoms with Crippen molar-refractivity contribution in [3.05, 3.63) is 41.9 Å². The number of pyridine rings is 1. The number of fused-ring (bicyclic) bond motifs is 1. The first-order valence-electron chi connectivity index (χ1n) is 11.0. The molecule has 1 fully saturated rings. The zero-order chi connectivity index (χ0) is 24.7. The molecule has 0 bridgehead atoms. The second kappa shape index (κ2) is 9.06. The molecule has 35 heavy (non-hydrogen) atoms. The summed E-state index contributed by atoms with van der Waals surface area (Å²) in [5.74, 6) is -1.04. The highest BCUT2D eigenvalue weighted by Gasteiger charge is 2.26. The van der Waals surface area contributed by atoms with E-state index in [0.717, 1.165) is 11.3 Å². The molecule has 0 aliphatic carbocycles. The summed E-state index contributed by atoms with van der Waals surface area (Å²) >= 11 is 0. The third-order valence-corrected chi connectivity index (χ3v) is 5.94. The molecule has 182 valence electrons. The first-order chi connectivity index (χ1) is 16.9. The Morgan fingerprint density at radius 3 is 2.29 bits per heavy atom. The Hall–Kier alpha value is -3.86. The van der Waals surface area contributed by atoms with Crippen LogP contribution in [0.15, 0.2) is 24.5 Å². The Labute approximate surface area is 200 Å². The molecule has 1 aliphatic heterocycles. The lowest BCUT2D eigenvalue weighted by molar-refractivity contribution is 0.122. The predicted octanol–water partition coefficient (Wildman–Crippen LogP) is 3.53. The van der Waals surface area contributed by atoms with Crippen LogP contribution in [0.25, 0.3) is 33.5 Å². The van der Waals surface area contributed by atoms with Crippen molar-refractivity contribution in [3.63, 3.8) is 0 Å². The van der Waals surface area contributed by atoms with Gasteiger partial charge in [0.25, 0.3) is 0 Å². The number of aryl methyl sites for hydroxylation is 2. The minimum absolute atomic E-state index is 0.0834. The first-order valence-corrected chi connectivity index (χ1v) is 11.0. The smallest absolute Gasteiger partial charge is 0.177 e. The molecule has 1 aliphatic rings. The molecule has 5 rings (SSSR count). The average molecular weight is 482 g/mol. The van der Waals surface area contributed by atoms with Crippen LogP contribution >= 0.6 is 0 Å². The molecule has 0 saturated carbocycles. The highest BCUT2D eigenvalue weighted by molar-refractivity contribution is 5.92. The van der Waals surface area contributed by atoms with E-state index in [1.165, 1.54) is 20.3 Å². The fraction of sp³-hybridized carbons (Fsp3) is 0.333. The third-order valence-electron chi connectivity index (χ3n) is 5.94. The Bertz CT molecular complexity index is 1390. The van der Waals surface area contributed by atoms with Crippen molar-refractivity contribution < 1.29 is 23.0 Å². The van der Waals surface area contributed by atoms with Crippen molar-refractivity contribution in [2.24, 2.45) is 7.05 Å². The van der Waals surface area contributed by atoms with Gasteiger partial charge in [0.1, 0.15) is 5.52 Å². The molecular weight excluding hydrogens is 458 g/mol. The summed E-state index contributed by atoms with van der Waals surface area (Å²) < 4.78 is 48.0. The number of methoxy groups -OCH3 is 2. The summed E-state index contributed by atoms with van der Waals surface area (Å²) in [6.07, 6.45) is 3.48. The molecule has 9 nitrogen and oxygen atoms in total. The quantitative estimate of drug-likeness (QED) is 0.427. The van der Waals surface area contributed by atoms with E-state index in [0.29, 0.717) is 48.8 Å². The van der Waals surface area contributed by atoms with Crippen molar-refractivity contribution in [2.45, 2.75) is 6.92 Å². The zero-order valence-electron chi connectivity index (χ0n) is 19.8. The van der Waals surface area contributed by atoms with Gasteiger partial charge in [-0.2, -0.15) is 5.10 Å². The Balaban J connectivity index is 1.76. The van der Waals surface area contributed by atoms with Crippen LogP contribution in [0.5, 0.6) is 11.5 Å². The molecule has 3 aromatic heterocycles. The molecule has 1 saturated heterocycles. The number of halogens is 2. The topological polar surface area (TPSA) is 87.4 Å². The van der Waals surface area contributed by atoms with Gasteiger partial charge in [-0.3, -0.25) is 4.68 Å². The zero-order valence-corrected chi connectivity index (χ0v) is 19.8. The molecular formula is C24H24F2N6O3. The Morgan fingerprint density at radius 2 is 1.69 bits per heavy atom. The maximum Gasteiger partial charge on any atom is 0.177 e. The number of rotatable bonds is 5. The largest absolute Gasteiger partial charge is 0.494 e. The number of anilines is 1. The van der Waals surface area contributed by atoms with E-state index in [-0.39, 0.29) is 22.8 Å². The molecule has 4 aromatic rings. The van der Waals surface area contributed by atoms with Gasteiger partial charge in [-0.05, 0) is 13.0 Å². The van der Waals surface area contributed by atoms with E-state index < -0.39 is 11.6 Å². The van der Waals surface area contributed by atoms with Crippen molar-refractivity contribution >= 4 is 16.7 Å². The third kappa shape index (κ3) is 4.01. The Morgan fingerprint density at radius 1 is 1.00 bits per heavy atom. The van der Waals surface area contributed by atoms with Gasteiger partial charge < -0.3 is 19.1 Å². The number of hydrogen-bond donors (Lipinski definition) is 0. The highest BCUT2D eigenvalue weighted by atomic mass is 19.1. The normalized spacial score (nSPS) is 13.9. The van der Waals surface area contributed by atoms with Gasteiger partial charge in [-0.1, -0.05) is 0 Å². The van der Waals surface area contributed by atoms with Crippen molar-refractivity contribution in [1.82, 2.24) is 24.7 Å². The van der Waals surface area contributed by atoms with E-state index in [4.69, 9.17) is 24.2 Å². The van der Waals surface area contributed by atoms with Gasteiger partial charge in [0.05, 0.1) is 49.9 Å². The van der Waals surface area contributed by atoms with E-state index in [9.17, 15) is 0 Å². The van der Waals surface area contributed by atoms with Gasteiger partial charge in [0, 0.05) is 44.0 Å². The van der Waals surface area contributed by atoms with Crippen LogP contribution in [0.3, 0.4) is 0 Å². The van der Waals surface area contributed by atoms with E-state index in [1.54, 1.807) is 16.9 Å². The van der Waals surface area contributed by atoms with Crippen molar-refractivity contribution in [2.75, 3.05) is 45.4 Å². The number of aromatic nitrogens is 5. The van der Waals surface area contributed by atoms with Gasteiger partial charge >= 0.3 is 0 Å². The Kier molecular flexibility index (Phi) is 5.93. The number of hydrogen-bond acceptors (Lipinski definition) is 8. The molecule has 0 spiro atoms. The minimum Gasteiger partial charge on any atom is -0.494 e. The van der Waals surface area contributed by atoms with Gasteiger partial charge in [0.15, 0.2) is 34.8 Å². The van der Waals surface area contributed by atoms with Crippen LogP contribution in [-0.4, -0.2) is 65.3 Å². The fourth-order valence-electron chi connectivity index (χ4n) is 4.21. The standard InChI is InChI=1S/C24H24F2N6O3/c1-13-15(12-31(2)30-13)23-27-11-14-9-16(19-20(25)17(33-3)10-18(34-4)21(19)26)28-24(22(14)29-23)32-5-7-35-8-6-32/h9-12H,5-8H2,1-4H3. The van der Waals surface area contributed by atoms with Gasteiger partial charge in [0.2, 0.25) is 0 Å². The lowest BCUT2D eigenvalue weighted by Gasteiger charge is -2.29. The summed E-state index contributed by atoms with van der Waals surface area (Å²) in [7, 11) is 4.45. The summed E-state index contributed by atoms with van der Waals surface area (Å²) in [4.78, 5) is 16.0. The van der Waals surface area contributed by atoms with Crippen LogP contribution in [0.4, 0.5) is 14.6 Å². The number of nitrogens with zero attached hydrogens (tertiary/aromatic N) is 6. The van der Waals surface area contributed by atoms with Crippen molar-refractivity contribution in [3.8, 4) is 34.1 Å². The lowest BCUT2D eigenvalue weighted by atomic mass is 10.1. The van der Waals surface area contributed by atoms with Crippen LogP contribution < -0.4 is 14.4 Å². The van der Waals surface area contributed by atoms with Crippen LogP contribution in [0, 0.1) is 18.6 Å². The summed E-state index contributed by atoms with van der Waals surface area (Å²) in [5.41, 5.74) is 1.89. The monoisotopic (exact) mass is 482 g/mol.